The number of carbonyl (C=O) groups excluding carboxylic acids is 1. The Morgan fingerprint density at radius 3 is 2.21 bits per heavy atom. The Bertz CT molecular complexity index is 1100. The van der Waals surface area contributed by atoms with E-state index in [0.717, 1.165) is 17.7 Å². The first-order valence-corrected chi connectivity index (χ1v) is 12.8. The van der Waals surface area contributed by atoms with E-state index >= 15 is 0 Å². The molecule has 186 valence electrons. The van der Waals surface area contributed by atoms with Crippen molar-refractivity contribution in [1.82, 2.24) is 9.62 Å². The molecule has 0 saturated carbocycles. The predicted octanol–water partition coefficient (Wildman–Crippen LogP) is 4.66. The summed E-state index contributed by atoms with van der Waals surface area (Å²) in [5.74, 6) is -2.05. The van der Waals surface area contributed by atoms with Crippen molar-refractivity contribution < 1.29 is 26.4 Å². The average molecular weight is 538 g/mol. The van der Waals surface area contributed by atoms with Crippen molar-refractivity contribution in [3.63, 3.8) is 0 Å². The number of nitrogens with zero attached hydrogens (tertiary/aromatic N) is 1. The minimum Gasteiger partial charge on any atom is -0.396 e. The van der Waals surface area contributed by atoms with Gasteiger partial charge in [-0.3, -0.25) is 4.79 Å². The van der Waals surface area contributed by atoms with Crippen molar-refractivity contribution in [2.75, 3.05) is 18.8 Å². The molecule has 1 aliphatic heterocycles. The number of benzene rings is 2. The number of aryl methyl sites for hydroxylation is 1. The van der Waals surface area contributed by atoms with Gasteiger partial charge in [0.25, 0.3) is 0 Å². The van der Waals surface area contributed by atoms with E-state index in [0.29, 0.717) is 6.42 Å². The first kappa shape index (κ1) is 26.6. The topological polar surface area (TPSA) is 92.5 Å². The van der Waals surface area contributed by atoms with Crippen molar-refractivity contribution in [3.8, 4) is 0 Å². The van der Waals surface area contributed by atoms with Gasteiger partial charge in [-0.2, -0.15) is 17.9 Å². The van der Waals surface area contributed by atoms with Crippen molar-refractivity contribution >= 4 is 44.8 Å². The molecule has 1 heterocycles. The number of anilines is 1. The second-order valence-corrected chi connectivity index (χ2v) is 10.7. The Kier molecular flexibility index (Phi) is 8.38. The lowest BCUT2D eigenvalue weighted by Crippen LogP contribution is -2.51. The summed E-state index contributed by atoms with van der Waals surface area (Å²) in [4.78, 5) is 14.2. The summed E-state index contributed by atoms with van der Waals surface area (Å²) in [6.07, 6.45) is -4.29. The lowest BCUT2D eigenvalue weighted by Gasteiger charge is -2.35. The van der Waals surface area contributed by atoms with Gasteiger partial charge in [-0.1, -0.05) is 53.5 Å². The Morgan fingerprint density at radius 1 is 1.12 bits per heavy atom. The highest BCUT2D eigenvalue weighted by Crippen LogP contribution is 2.34. The van der Waals surface area contributed by atoms with Gasteiger partial charge < -0.3 is 10.6 Å². The molecule has 2 aromatic carbocycles. The fraction of sp³-hybridized carbons (Fsp3) is 0.409. The number of rotatable bonds is 7. The molecule has 1 aliphatic rings. The van der Waals surface area contributed by atoms with Gasteiger partial charge in [0.05, 0.1) is 26.5 Å². The Labute approximate surface area is 206 Å². The summed E-state index contributed by atoms with van der Waals surface area (Å²) >= 11 is 11.9. The van der Waals surface area contributed by atoms with E-state index in [1.54, 1.807) is 0 Å². The lowest BCUT2D eigenvalue weighted by atomic mass is 9.95. The molecule has 34 heavy (non-hydrogen) atoms. The molecule has 12 heteroatoms. The maximum atomic E-state index is 13.2. The molecular formula is C22H24Cl2F3N3O3S. The number of amides is 1. The van der Waals surface area contributed by atoms with Gasteiger partial charge >= 0.3 is 6.18 Å². The molecule has 0 radical (unpaired) electrons. The fourth-order valence-electron chi connectivity index (χ4n) is 3.81. The van der Waals surface area contributed by atoms with E-state index in [2.05, 4.69) is 4.72 Å². The summed E-state index contributed by atoms with van der Waals surface area (Å²) in [6.45, 7) is -0.210. The normalized spacial score (nSPS) is 16.4. The number of nitrogens with two attached hydrogens (primary N) is 1. The highest BCUT2D eigenvalue weighted by molar-refractivity contribution is 7.89. The van der Waals surface area contributed by atoms with Crippen molar-refractivity contribution in [3.05, 3.63) is 58.1 Å². The monoisotopic (exact) mass is 537 g/mol. The van der Waals surface area contributed by atoms with Gasteiger partial charge in [-0.25, -0.2) is 8.42 Å². The Morgan fingerprint density at radius 2 is 1.68 bits per heavy atom. The third-order valence-corrected chi connectivity index (χ3v) is 7.87. The number of sulfonamides is 1. The van der Waals surface area contributed by atoms with Crippen LogP contribution in [0.2, 0.25) is 10.0 Å². The predicted molar refractivity (Wildman–Crippen MR) is 125 cm³/mol. The first-order valence-electron chi connectivity index (χ1n) is 10.5. The molecule has 0 aromatic heterocycles. The van der Waals surface area contributed by atoms with Crippen LogP contribution >= 0.6 is 23.2 Å². The second kappa shape index (κ2) is 10.7. The van der Waals surface area contributed by atoms with Gasteiger partial charge in [0.1, 0.15) is 6.04 Å². The summed E-state index contributed by atoms with van der Waals surface area (Å²) in [5, 5.41) is -0.122. The lowest BCUT2D eigenvalue weighted by molar-refractivity contribution is -0.186. The summed E-state index contributed by atoms with van der Waals surface area (Å²) in [5.41, 5.74) is 6.58. The summed E-state index contributed by atoms with van der Waals surface area (Å²) < 4.78 is 67.5. The first-order chi connectivity index (χ1) is 15.9. The van der Waals surface area contributed by atoms with Crippen LogP contribution in [-0.2, 0) is 21.2 Å². The SMILES string of the molecule is Nc1c(Cl)cc(S(=O)(=O)NC(CCc2ccccc2)C(=O)N2CCC(C(F)(F)F)CC2)cc1Cl. The molecule has 0 bridgehead atoms. The molecule has 0 spiro atoms. The van der Waals surface area contributed by atoms with Crippen LogP contribution in [0.1, 0.15) is 24.8 Å². The number of hydrogen-bond donors (Lipinski definition) is 2. The molecule has 1 amide bonds. The number of alkyl halides is 3. The Hall–Kier alpha value is -2.01. The Balaban J connectivity index is 1.81. The van der Waals surface area contributed by atoms with Crippen molar-refractivity contribution in [2.45, 2.75) is 42.8 Å². The number of piperidine rings is 1. The van der Waals surface area contributed by atoms with Crippen LogP contribution in [0.5, 0.6) is 0 Å². The van der Waals surface area contributed by atoms with E-state index in [-0.39, 0.29) is 53.0 Å². The quantitative estimate of drug-likeness (QED) is 0.502. The van der Waals surface area contributed by atoms with E-state index in [9.17, 15) is 26.4 Å². The van der Waals surface area contributed by atoms with Gasteiger partial charge in [0, 0.05) is 13.1 Å². The van der Waals surface area contributed by atoms with Crippen LogP contribution in [0.15, 0.2) is 47.4 Å². The molecule has 1 saturated heterocycles. The third-order valence-electron chi connectivity index (χ3n) is 5.79. The van der Waals surface area contributed by atoms with E-state index < -0.39 is 34.1 Å². The zero-order valence-corrected chi connectivity index (χ0v) is 20.3. The fourth-order valence-corrected chi connectivity index (χ4v) is 5.70. The number of hydrogen-bond acceptors (Lipinski definition) is 4. The molecule has 1 unspecified atom stereocenters. The second-order valence-electron chi connectivity index (χ2n) is 8.14. The minimum atomic E-state index is -4.32. The van der Waals surface area contributed by atoms with Gasteiger partial charge in [-0.05, 0) is 43.4 Å². The maximum Gasteiger partial charge on any atom is 0.391 e. The molecule has 6 nitrogen and oxygen atoms in total. The molecule has 2 aromatic rings. The number of nitrogens with one attached hydrogen (secondary N) is 1. The van der Waals surface area contributed by atoms with Gasteiger partial charge in [0.2, 0.25) is 15.9 Å². The maximum absolute atomic E-state index is 13.2. The third kappa shape index (κ3) is 6.56. The smallest absolute Gasteiger partial charge is 0.391 e. The average Bonchev–Trinajstić information content (AvgIpc) is 2.79. The van der Waals surface area contributed by atoms with Crippen LogP contribution < -0.4 is 10.5 Å². The van der Waals surface area contributed by atoms with Gasteiger partial charge in [0.15, 0.2) is 0 Å². The van der Waals surface area contributed by atoms with Gasteiger partial charge in [-0.15, -0.1) is 0 Å². The minimum absolute atomic E-state index is 0.0199. The molecule has 0 aliphatic carbocycles. The van der Waals surface area contributed by atoms with Crippen LogP contribution in [-0.4, -0.2) is 44.5 Å². The van der Waals surface area contributed by atoms with E-state index in [1.807, 2.05) is 30.3 Å². The van der Waals surface area contributed by atoms with Crippen LogP contribution in [0.4, 0.5) is 18.9 Å². The summed E-state index contributed by atoms with van der Waals surface area (Å²) in [6, 6.07) is 10.2. The van der Waals surface area contributed by atoms with Crippen LogP contribution in [0.3, 0.4) is 0 Å². The molecule has 1 atom stereocenters. The number of carbonyl (C=O) groups is 1. The summed E-state index contributed by atoms with van der Waals surface area (Å²) in [7, 11) is -4.25. The van der Waals surface area contributed by atoms with E-state index in [1.165, 1.54) is 4.90 Å². The van der Waals surface area contributed by atoms with E-state index in [4.69, 9.17) is 28.9 Å². The highest BCUT2D eigenvalue weighted by atomic mass is 35.5. The van der Waals surface area contributed by atoms with Crippen molar-refractivity contribution in [1.29, 1.82) is 0 Å². The highest BCUT2D eigenvalue weighted by Gasteiger charge is 2.42. The number of likely N-dealkylation sites (tertiary alicyclic amines) is 1. The zero-order valence-electron chi connectivity index (χ0n) is 18.0. The largest absolute Gasteiger partial charge is 0.396 e. The van der Waals surface area contributed by atoms with Crippen molar-refractivity contribution in [2.24, 2.45) is 5.92 Å². The molecule has 3 N–H and O–H groups in total. The van der Waals surface area contributed by atoms with Crippen LogP contribution in [0.25, 0.3) is 0 Å². The molecule has 3 rings (SSSR count). The number of nitrogen functional groups attached to an aromatic ring is 1. The zero-order chi connectivity index (χ0) is 25.1. The number of halogens is 5. The van der Waals surface area contributed by atoms with Crippen LogP contribution in [0, 0.1) is 5.92 Å². The molecular weight excluding hydrogens is 514 g/mol. The standard InChI is InChI=1S/C22H24Cl2F3N3O3S/c23-17-12-16(13-18(24)20(17)28)34(32,33)29-19(7-6-14-4-2-1-3-5-14)21(31)30-10-8-15(9-11-30)22(25,26)27/h1-5,12-13,15,19,29H,6-11,28H2. The molecule has 1 fully saturated rings.